The molecule has 5 N–H and O–H groups in total. The summed E-state index contributed by atoms with van der Waals surface area (Å²) in [7, 11) is -10.6. The van der Waals surface area contributed by atoms with Crippen LogP contribution in [0.1, 0.15) is 11.9 Å². The van der Waals surface area contributed by atoms with Crippen LogP contribution in [-0.2, 0) is 29.2 Å². The summed E-state index contributed by atoms with van der Waals surface area (Å²) in [5.41, 5.74) is 0.278. The molecule has 1 saturated heterocycles. The first-order chi connectivity index (χ1) is 17.8. The summed E-state index contributed by atoms with van der Waals surface area (Å²) in [6.45, 7) is -1.16. The van der Waals surface area contributed by atoms with E-state index in [2.05, 4.69) is 13.8 Å². The summed E-state index contributed by atoms with van der Waals surface area (Å²) < 4.78 is 37.7. The molecule has 1 aromatic carbocycles. The summed E-state index contributed by atoms with van der Waals surface area (Å²) in [5.74, 6) is 0. The molecular weight excluding hydrogens is 548 g/mol. The molecule has 2 aromatic heterocycles. The Morgan fingerprint density at radius 2 is 1.66 bits per heavy atom. The van der Waals surface area contributed by atoms with E-state index in [1.807, 2.05) is 30.3 Å². The number of rotatable bonds is 9. The lowest BCUT2D eigenvalue weighted by molar-refractivity contribution is -0.0547. The SMILES string of the molecule is O=c1ccn([C@@H]2O[C@H](COP(=O)(O)OP(=O)(O)O)[C@H](O)C2O)c(=O)n1Cc1cccc(-c2ccccc2)n1. The maximum absolute atomic E-state index is 13.2. The molecule has 204 valence electrons. The van der Waals surface area contributed by atoms with Gasteiger partial charge in [-0.05, 0) is 12.1 Å². The molecule has 1 aliphatic heterocycles. The van der Waals surface area contributed by atoms with Gasteiger partial charge in [0, 0.05) is 17.8 Å². The van der Waals surface area contributed by atoms with Crippen molar-refractivity contribution >= 4 is 15.6 Å². The molecule has 38 heavy (non-hydrogen) atoms. The van der Waals surface area contributed by atoms with E-state index in [9.17, 15) is 33.8 Å². The average Bonchev–Trinajstić information content (AvgIpc) is 3.13. The van der Waals surface area contributed by atoms with E-state index < -0.39 is 58.0 Å². The Morgan fingerprint density at radius 1 is 0.947 bits per heavy atom. The van der Waals surface area contributed by atoms with Crippen LogP contribution in [-0.4, -0.2) is 63.9 Å². The van der Waals surface area contributed by atoms with Crippen LogP contribution in [0.25, 0.3) is 11.3 Å². The molecule has 15 nitrogen and oxygen atoms in total. The van der Waals surface area contributed by atoms with E-state index >= 15 is 0 Å². The number of aliphatic hydroxyl groups is 2. The second kappa shape index (κ2) is 11.1. The molecule has 1 fully saturated rings. The van der Waals surface area contributed by atoms with E-state index in [1.54, 1.807) is 18.2 Å². The summed E-state index contributed by atoms with van der Waals surface area (Å²) in [6, 6.07) is 15.4. The van der Waals surface area contributed by atoms with Crippen LogP contribution in [0.4, 0.5) is 0 Å². The molecule has 2 unspecified atom stereocenters. The van der Waals surface area contributed by atoms with Crippen LogP contribution in [0.5, 0.6) is 0 Å². The number of hydrogen-bond donors (Lipinski definition) is 5. The summed E-state index contributed by atoms with van der Waals surface area (Å²) >= 11 is 0. The summed E-state index contributed by atoms with van der Waals surface area (Å²) in [6.07, 6.45) is -5.49. The minimum Gasteiger partial charge on any atom is -0.387 e. The van der Waals surface area contributed by atoms with Crippen molar-refractivity contribution in [3.8, 4) is 11.3 Å². The van der Waals surface area contributed by atoms with Crippen LogP contribution in [0.3, 0.4) is 0 Å². The molecule has 0 spiro atoms. The normalized spacial score (nSPS) is 23.3. The second-order valence-electron chi connectivity index (χ2n) is 8.19. The van der Waals surface area contributed by atoms with E-state index in [1.165, 1.54) is 0 Å². The first kappa shape index (κ1) is 28.2. The average molecular weight is 571 g/mol. The largest absolute Gasteiger partial charge is 0.481 e. The van der Waals surface area contributed by atoms with Crippen molar-refractivity contribution in [2.24, 2.45) is 0 Å². The van der Waals surface area contributed by atoms with Gasteiger partial charge in [-0.3, -0.25) is 23.4 Å². The highest BCUT2D eigenvalue weighted by Crippen LogP contribution is 2.57. The topological polar surface area (TPSA) is 220 Å². The zero-order valence-electron chi connectivity index (χ0n) is 19.3. The predicted octanol–water partition coefficient (Wildman–Crippen LogP) is -0.0342. The van der Waals surface area contributed by atoms with Crippen molar-refractivity contribution in [1.82, 2.24) is 14.1 Å². The van der Waals surface area contributed by atoms with Crippen LogP contribution < -0.4 is 11.2 Å². The Kier molecular flexibility index (Phi) is 8.26. The van der Waals surface area contributed by atoms with E-state index in [-0.39, 0.29) is 6.54 Å². The first-order valence-electron chi connectivity index (χ1n) is 10.9. The minimum atomic E-state index is -5.38. The van der Waals surface area contributed by atoms with Gasteiger partial charge in [-0.1, -0.05) is 36.4 Å². The fourth-order valence-electron chi connectivity index (χ4n) is 3.79. The molecule has 3 heterocycles. The fraction of sp³-hybridized carbons (Fsp3) is 0.286. The molecule has 5 atom stereocenters. The van der Waals surface area contributed by atoms with Crippen LogP contribution in [0, 0.1) is 0 Å². The number of hydrogen-bond acceptors (Lipinski definition) is 10. The highest BCUT2D eigenvalue weighted by atomic mass is 31.3. The maximum atomic E-state index is 13.2. The Balaban J connectivity index is 1.55. The molecule has 3 aromatic rings. The Hall–Kier alpha value is -2.81. The number of ether oxygens (including phenoxy) is 1. The third-order valence-corrected chi connectivity index (χ3v) is 7.67. The number of aliphatic hydroxyl groups excluding tert-OH is 2. The van der Waals surface area contributed by atoms with E-state index in [0.717, 1.165) is 27.0 Å². The molecule has 1 aliphatic rings. The highest BCUT2D eigenvalue weighted by Gasteiger charge is 2.46. The fourth-order valence-corrected chi connectivity index (χ4v) is 5.39. The van der Waals surface area contributed by atoms with Gasteiger partial charge in [0.05, 0.1) is 24.5 Å². The van der Waals surface area contributed by atoms with Crippen LogP contribution in [0.2, 0.25) is 0 Å². The van der Waals surface area contributed by atoms with Gasteiger partial charge in [0.2, 0.25) is 0 Å². The van der Waals surface area contributed by atoms with Crippen molar-refractivity contribution in [3.05, 3.63) is 87.3 Å². The molecule has 0 amide bonds. The van der Waals surface area contributed by atoms with Crippen molar-refractivity contribution < 1.29 is 47.6 Å². The lowest BCUT2D eigenvalue weighted by Crippen LogP contribution is -2.43. The minimum absolute atomic E-state index is 0.218. The van der Waals surface area contributed by atoms with Gasteiger partial charge in [0.15, 0.2) is 6.23 Å². The first-order valence-corrected chi connectivity index (χ1v) is 14.0. The van der Waals surface area contributed by atoms with Crippen molar-refractivity contribution in [2.75, 3.05) is 6.61 Å². The zero-order valence-corrected chi connectivity index (χ0v) is 21.1. The van der Waals surface area contributed by atoms with E-state index in [4.69, 9.17) is 14.5 Å². The number of aromatic nitrogens is 3. The third kappa shape index (κ3) is 6.60. The molecule has 4 rings (SSSR count). The number of phosphoric ester groups is 1. The second-order valence-corrected chi connectivity index (χ2v) is 11.0. The monoisotopic (exact) mass is 571 g/mol. The quantitative estimate of drug-likeness (QED) is 0.213. The molecule has 0 saturated carbocycles. The smallest absolute Gasteiger partial charge is 0.387 e. The molecule has 0 aliphatic carbocycles. The Bertz CT molecular complexity index is 1510. The zero-order chi connectivity index (χ0) is 27.7. The lowest BCUT2D eigenvalue weighted by Gasteiger charge is -2.19. The predicted molar refractivity (Wildman–Crippen MR) is 129 cm³/mol. The number of pyridine rings is 1. The number of benzene rings is 1. The van der Waals surface area contributed by atoms with Crippen molar-refractivity contribution in [1.29, 1.82) is 0 Å². The number of nitrogens with zero attached hydrogens (tertiary/aromatic N) is 3. The van der Waals surface area contributed by atoms with Gasteiger partial charge >= 0.3 is 21.3 Å². The van der Waals surface area contributed by atoms with Crippen molar-refractivity contribution in [3.63, 3.8) is 0 Å². The third-order valence-electron chi connectivity index (χ3n) is 5.51. The maximum Gasteiger partial charge on any atom is 0.481 e. The highest BCUT2D eigenvalue weighted by molar-refractivity contribution is 7.60. The molecule has 0 radical (unpaired) electrons. The Morgan fingerprint density at radius 3 is 2.34 bits per heavy atom. The van der Waals surface area contributed by atoms with Gasteiger partial charge in [0.1, 0.15) is 18.3 Å². The summed E-state index contributed by atoms with van der Waals surface area (Å²) in [4.78, 5) is 56.9. The molecular formula is C21H23N3O12P2. The van der Waals surface area contributed by atoms with E-state index in [0.29, 0.717) is 11.4 Å². The van der Waals surface area contributed by atoms with Gasteiger partial charge in [-0.2, -0.15) is 4.31 Å². The van der Waals surface area contributed by atoms with Gasteiger partial charge in [0.25, 0.3) is 5.56 Å². The van der Waals surface area contributed by atoms with Crippen LogP contribution in [0.15, 0.2) is 70.4 Å². The van der Waals surface area contributed by atoms with Gasteiger partial charge in [-0.15, -0.1) is 0 Å². The standard InChI is InChI=1S/C21H23N3O12P2/c25-17-9-10-23(20-19(27)18(26)16(35-20)12-34-38(32,33)36-37(29,30)31)21(28)24(17)11-14-7-4-8-15(22-14)13-5-2-1-3-6-13/h1-10,16,18-20,26-27H,11-12H2,(H,32,33)(H2,29,30,31)/t16-,18+,19?,20-/m1/s1. The van der Waals surface area contributed by atoms with Crippen LogP contribution >= 0.6 is 15.6 Å². The lowest BCUT2D eigenvalue weighted by atomic mass is 10.1. The van der Waals surface area contributed by atoms with Gasteiger partial charge < -0.3 is 29.6 Å². The number of phosphoric acid groups is 2. The molecule has 17 heteroatoms. The molecule has 0 bridgehead atoms. The summed E-state index contributed by atoms with van der Waals surface area (Å²) in [5, 5.41) is 20.7. The Labute approximate surface area is 214 Å². The van der Waals surface area contributed by atoms with Gasteiger partial charge in [-0.25, -0.2) is 13.9 Å². The van der Waals surface area contributed by atoms with Crippen molar-refractivity contribution in [2.45, 2.75) is 31.1 Å².